The molecule has 1 aromatic carbocycles. The van der Waals surface area contributed by atoms with E-state index < -0.39 is 5.97 Å². The molecule has 4 rings (SSSR count). The van der Waals surface area contributed by atoms with Gasteiger partial charge < -0.3 is 9.63 Å². The minimum absolute atomic E-state index is 0.0202. The third kappa shape index (κ3) is 3.21. The normalized spacial score (nSPS) is 15.1. The number of aliphatic carboxylic acids is 1. The summed E-state index contributed by atoms with van der Waals surface area (Å²) in [5.74, 6) is 0.439. The maximum Gasteiger partial charge on any atom is 0.305 e. The quantitative estimate of drug-likeness (QED) is 0.668. The molecule has 1 saturated carbocycles. The van der Waals surface area contributed by atoms with Gasteiger partial charge in [0.1, 0.15) is 0 Å². The van der Waals surface area contributed by atoms with Crippen molar-refractivity contribution in [3.8, 4) is 11.6 Å². The Morgan fingerprint density at radius 2 is 2.07 bits per heavy atom. The zero-order valence-corrected chi connectivity index (χ0v) is 16.3. The third-order valence-electron chi connectivity index (χ3n) is 5.42. The monoisotopic (exact) mass is 380 g/mol. The molecule has 0 aliphatic heterocycles. The second kappa shape index (κ2) is 6.89. The lowest BCUT2D eigenvalue weighted by Gasteiger charge is -2.13. The van der Waals surface area contributed by atoms with E-state index >= 15 is 0 Å². The summed E-state index contributed by atoms with van der Waals surface area (Å²) in [4.78, 5) is 15.6. The van der Waals surface area contributed by atoms with Gasteiger partial charge in [0.2, 0.25) is 0 Å². The number of aryl methyl sites for hydroxylation is 2. The summed E-state index contributed by atoms with van der Waals surface area (Å²) in [6.07, 6.45) is 2.02. The van der Waals surface area contributed by atoms with Crippen molar-refractivity contribution >= 4 is 5.97 Å². The molecule has 1 fully saturated rings. The molecule has 146 valence electrons. The molecule has 2 aromatic heterocycles. The zero-order chi connectivity index (χ0) is 19.9. The molecule has 1 N–H and O–H groups in total. The van der Waals surface area contributed by atoms with Gasteiger partial charge >= 0.3 is 5.97 Å². The van der Waals surface area contributed by atoms with Crippen LogP contribution in [0.4, 0.5) is 0 Å². The molecule has 0 unspecified atom stereocenters. The van der Waals surface area contributed by atoms with E-state index in [1.54, 1.807) is 4.68 Å². The van der Waals surface area contributed by atoms with Crippen LogP contribution in [0.15, 0.2) is 34.9 Å². The van der Waals surface area contributed by atoms with Gasteiger partial charge in [-0.2, -0.15) is 10.1 Å². The Labute approximate surface area is 163 Å². The third-order valence-corrected chi connectivity index (χ3v) is 5.42. The molecule has 28 heavy (non-hydrogen) atoms. The van der Waals surface area contributed by atoms with E-state index in [0.717, 1.165) is 18.5 Å². The first-order valence-corrected chi connectivity index (χ1v) is 9.61. The molecular formula is C21H24N4O3. The number of hydrogen-bond donors (Lipinski definition) is 1. The van der Waals surface area contributed by atoms with Gasteiger partial charge in [-0.1, -0.05) is 43.3 Å². The number of benzene rings is 1. The smallest absolute Gasteiger partial charge is 0.305 e. The molecule has 1 aliphatic carbocycles. The maximum absolute atomic E-state index is 10.9. The van der Waals surface area contributed by atoms with Crippen molar-refractivity contribution in [1.29, 1.82) is 0 Å². The van der Waals surface area contributed by atoms with Crippen molar-refractivity contribution in [1.82, 2.24) is 19.9 Å². The summed E-state index contributed by atoms with van der Waals surface area (Å²) in [5, 5.41) is 17.8. The van der Waals surface area contributed by atoms with Crippen LogP contribution < -0.4 is 0 Å². The Morgan fingerprint density at radius 3 is 2.71 bits per heavy atom. The summed E-state index contributed by atoms with van der Waals surface area (Å²) < 4.78 is 7.29. The lowest BCUT2D eigenvalue weighted by Crippen LogP contribution is -2.12. The van der Waals surface area contributed by atoms with Crippen molar-refractivity contribution in [2.75, 3.05) is 0 Å². The molecule has 1 aliphatic rings. The molecule has 0 amide bonds. The Bertz CT molecular complexity index is 1010. The van der Waals surface area contributed by atoms with Crippen molar-refractivity contribution in [2.24, 2.45) is 0 Å². The predicted molar refractivity (Wildman–Crippen MR) is 103 cm³/mol. The summed E-state index contributed by atoms with van der Waals surface area (Å²) in [6, 6.07) is 10.2. The predicted octanol–water partition coefficient (Wildman–Crippen LogP) is 3.92. The van der Waals surface area contributed by atoms with Crippen LogP contribution in [0.3, 0.4) is 0 Å². The van der Waals surface area contributed by atoms with Crippen molar-refractivity contribution in [3.05, 3.63) is 53.0 Å². The van der Waals surface area contributed by atoms with E-state index in [0.29, 0.717) is 24.0 Å². The van der Waals surface area contributed by atoms with Gasteiger partial charge in [0.15, 0.2) is 11.5 Å². The largest absolute Gasteiger partial charge is 0.481 e. The molecule has 0 radical (unpaired) electrons. The molecule has 7 heteroatoms. The van der Waals surface area contributed by atoms with E-state index in [9.17, 15) is 4.79 Å². The van der Waals surface area contributed by atoms with Gasteiger partial charge in [-0.05, 0) is 42.9 Å². The molecule has 7 nitrogen and oxygen atoms in total. The fourth-order valence-electron chi connectivity index (χ4n) is 3.75. The van der Waals surface area contributed by atoms with Gasteiger partial charge in [0, 0.05) is 5.69 Å². The van der Waals surface area contributed by atoms with Crippen LogP contribution in [-0.2, 0) is 16.8 Å². The number of carboxylic acids is 1. The van der Waals surface area contributed by atoms with Gasteiger partial charge in [-0.15, -0.1) is 0 Å². The second-order valence-corrected chi connectivity index (χ2v) is 7.80. The topological polar surface area (TPSA) is 94.0 Å². The molecule has 0 atom stereocenters. The maximum atomic E-state index is 10.9. The number of carbonyl (C=O) groups is 1. The number of carboxylic acid groups (broad SMARTS) is 1. The van der Waals surface area contributed by atoms with Crippen LogP contribution in [-0.4, -0.2) is 31.0 Å². The van der Waals surface area contributed by atoms with Crippen LogP contribution >= 0.6 is 0 Å². The van der Waals surface area contributed by atoms with Crippen LogP contribution in [0.2, 0.25) is 0 Å². The van der Waals surface area contributed by atoms with E-state index in [2.05, 4.69) is 48.1 Å². The number of hydrogen-bond acceptors (Lipinski definition) is 5. The summed E-state index contributed by atoms with van der Waals surface area (Å²) >= 11 is 0. The molecule has 2 heterocycles. The Hall–Kier alpha value is -2.96. The molecule has 3 aromatic rings. The summed E-state index contributed by atoms with van der Waals surface area (Å²) in [7, 11) is 0. The fourth-order valence-corrected chi connectivity index (χ4v) is 3.75. The van der Waals surface area contributed by atoms with Crippen LogP contribution in [0.25, 0.3) is 11.6 Å². The average Bonchev–Trinajstić information content (AvgIpc) is 3.12. The van der Waals surface area contributed by atoms with Crippen molar-refractivity contribution < 1.29 is 14.4 Å². The van der Waals surface area contributed by atoms with Crippen molar-refractivity contribution in [3.63, 3.8) is 0 Å². The van der Waals surface area contributed by atoms with E-state index in [-0.39, 0.29) is 17.8 Å². The highest BCUT2D eigenvalue weighted by atomic mass is 16.5. The first-order chi connectivity index (χ1) is 13.4. The summed E-state index contributed by atoms with van der Waals surface area (Å²) in [6.45, 7) is 6.52. The van der Waals surface area contributed by atoms with Crippen LogP contribution in [0.5, 0.6) is 0 Å². The minimum atomic E-state index is -0.847. The molecular weight excluding hydrogens is 356 g/mol. The first-order valence-electron chi connectivity index (χ1n) is 9.61. The van der Waals surface area contributed by atoms with Gasteiger partial charge in [0.05, 0.1) is 18.4 Å². The van der Waals surface area contributed by atoms with Gasteiger partial charge in [-0.3, -0.25) is 9.48 Å². The first kappa shape index (κ1) is 18.4. The van der Waals surface area contributed by atoms with E-state index in [4.69, 9.17) is 9.63 Å². The van der Waals surface area contributed by atoms with Crippen molar-refractivity contribution in [2.45, 2.75) is 57.9 Å². The van der Waals surface area contributed by atoms with Gasteiger partial charge in [-0.25, -0.2) is 0 Å². The Morgan fingerprint density at radius 1 is 1.32 bits per heavy atom. The highest BCUT2D eigenvalue weighted by Gasteiger charge is 2.50. The zero-order valence-electron chi connectivity index (χ0n) is 16.3. The Kier molecular flexibility index (Phi) is 4.53. The lowest BCUT2D eigenvalue weighted by atomic mass is 9.91. The summed E-state index contributed by atoms with van der Waals surface area (Å²) in [5.41, 5.74) is 3.85. The standard InChI is InChI=1S/C21H24N4O3/c1-13(2)17-12-16(23-25(17)11-8-18(26)27)19-22-20(24-28-19)21(9-10-21)15-7-5-4-6-14(15)3/h4-7,12-13H,8-11H2,1-3H3,(H,26,27). The Balaban J connectivity index is 1.66. The highest BCUT2D eigenvalue weighted by Crippen LogP contribution is 2.53. The molecule has 0 bridgehead atoms. The SMILES string of the molecule is Cc1ccccc1C1(c2noc(-c3cc(C(C)C)n(CCC(=O)O)n3)n2)CC1. The number of rotatable bonds is 7. The fraction of sp³-hybridized carbons (Fsp3) is 0.429. The number of aromatic nitrogens is 4. The molecule has 0 saturated heterocycles. The molecule has 0 spiro atoms. The second-order valence-electron chi connectivity index (χ2n) is 7.80. The van der Waals surface area contributed by atoms with E-state index in [1.807, 2.05) is 18.2 Å². The van der Waals surface area contributed by atoms with Crippen LogP contribution in [0, 0.1) is 6.92 Å². The highest BCUT2D eigenvalue weighted by molar-refractivity contribution is 5.66. The van der Waals surface area contributed by atoms with Crippen LogP contribution in [0.1, 0.15) is 61.7 Å². The lowest BCUT2D eigenvalue weighted by molar-refractivity contribution is -0.137. The van der Waals surface area contributed by atoms with E-state index in [1.165, 1.54) is 11.1 Å². The van der Waals surface area contributed by atoms with Gasteiger partial charge in [0.25, 0.3) is 5.89 Å². The minimum Gasteiger partial charge on any atom is -0.481 e. The average molecular weight is 380 g/mol. The number of nitrogens with zero attached hydrogens (tertiary/aromatic N) is 4.